The number of rotatable bonds is 6. The maximum atomic E-state index is 13.0. The normalized spacial score (nSPS) is 23.7. The van der Waals surface area contributed by atoms with Crippen molar-refractivity contribution in [1.29, 1.82) is 0 Å². The third-order valence-corrected chi connectivity index (χ3v) is 6.17. The van der Waals surface area contributed by atoms with Gasteiger partial charge in [0.1, 0.15) is 5.82 Å². The number of piperazine rings is 1. The lowest BCUT2D eigenvalue weighted by Gasteiger charge is -2.36. The molecule has 1 N–H and O–H groups in total. The smallest absolute Gasteiger partial charge is 0.226 e. The van der Waals surface area contributed by atoms with Crippen LogP contribution in [0.15, 0.2) is 24.3 Å². The summed E-state index contributed by atoms with van der Waals surface area (Å²) in [4.78, 5) is 17.1. The van der Waals surface area contributed by atoms with E-state index in [2.05, 4.69) is 29.0 Å². The van der Waals surface area contributed by atoms with E-state index >= 15 is 0 Å². The van der Waals surface area contributed by atoms with Crippen molar-refractivity contribution in [2.24, 2.45) is 5.41 Å². The van der Waals surface area contributed by atoms with Gasteiger partial charge < -0.3 is 10.2 Å². The van der Waals surface area contributed by atoms with Gasteiger partial charge in [-0.3, -0.25) is 9.69 Å². The average molecular weight is 347 g/mol. The van der Waals surface area contributed by atoms with Crippen LogP contribution in [0.4, 0.5) is 10.1 Å². The van der Waals surface area contributed by atoms with Crippen molar-refractivity contribution >= 4 is 11.6 Å². The van der Waals surface area contributed by atoms with Crippen LogP contribution in [-0.4, -0.2) is 49.6 Å². The van der Waals surface area contributed by atoms with Crippen LogP contribution in [0.1, 0.15) is 39.5 Å². The van der Waals surface area contributed by atoms with Gasteiger partial charge in [0.15, 0.2) is 0 Å². The van der Waals surface area contributed by atoms with Crippen molar-refractivity contribution in [1.82, 2.24) is 10.2 Å². The summed E-state index contributed by atoms with van der Waals surface area (Å²) in [5, 5.41) is 3.21. The lowest BCUT2D eigenvalue weighted by molar-refractivity contribution is -0.128. The molecule has 0 aromatic heterocycles. The fraction of sp³-hybridized carbons (Fsp3) is 0.650. The fourth-order valence-electron chi connectivity index (χ4n) is 4.21. The van der Waals surface area contributed by atoms with Crippen molar-refractivity contribution in [3.05, 3.63) is 30.1 Å². The number of nitrogens with one attached hydrogen (secondary N) is 1. The van der Waals surface area contributed by atoms with Gasteiger partial charge in [-0.05, 0) is 49.9 Å². The summed E-state index contributed by atoms with van der Waals surface area (Å²) in [6.45, 7) is 9.26. The second kappa shape index (κ2) is 7.73. The van der Waals surface area contributed by atoms with E-state index in [4.69, 9.17) is 0 Å². The van der Waals surface area contributed by atoms with Crippen LogP contribution >= 0.6 is 0 Å². The highest BCUT2D eigenvalue weighted by molar-refractivity contribution is 5.85. The van der Waals surface area contributed by atoms with Gasteiger partial charge in [0.2, 0.25) is 5.91 Å². The molecule has 0 saturated carbocycles. The first kappa shape index (κ1) is 18.2. The van der Waals surface area contributed by atoms with E-state index in [0.717, 1.165) is 64.1 Å². The zero-order valence-corrected chi connectivity index (χ0v) is 15.4. The van der Waals surface area contributed by atoms with Crippen molar-refractivity contribution in [3.63, 3.8) is 0 Å². The maximum Gasteiger partial charge on any atom is 0.226 e. The quantitative estimate of drug-likeness (QED) is 0.859. The third kappa shape index (κ3) is 3.97. The molecule has 0 spiro atoms. The summed E-state index contributed by atoms with van der Waals surface area (Å²) in [5.74, 6) is 0.0693. The Balaban J connectivity index is 1.44. The SMILES string of the molecule is CCC1(CC)CC(CCN2CCN(c3ccc(F)cc3)CC2)NC1=O. The van der Waals surface area contributed by atoms with Gasteiger partial charge >= 0.3 is 0 Å². The minimum atomic E-state index is -0.184. The topological polar surface area (TPSA) is 35.6 Å². The van der Waals surface area contributed by atoms with Crippen molar-refractivity contribution in [2.45, 2.75) is 45.6 Å². The third-order valence-electron chi connectivity index (χ3n) is 6.17. The van der Waals surface area contributed by atoms with Gasteiger partial charge in [-0.2, -0.15) is 0 Å². The first-order valence-corrected chi connectivity index (χ1v) is 9.60. The summed E-state index contributed by atoms with van der Waals surface area (Å²) in [6, 6.07) is 7.08. The van der Waals surface area contributed by atoms with Gasteiger partial charge in [0.05, 0.1) is 5.41 Å². The van der Waals surface area contributed by atoms with Gasteiger partial charge in [0.25, 0.3) is 0 Å². The zero-order valence-electron chi connectivity index (χ0n) is 15.4. The highest BCUT2D eigenvalue weighted by Crippen LogP contribution is 2.37. The van der Waals surface area contributed by atoms with E-state index < -0.39 is 0 Å². The molecule has 4 nitrogen and oxygen atoms in total. The molecule has 1 unspecified atom stereocenters. The fourth-order valence-corrected chi connectivity index (χ4v) is 4.21. The molecule has 138 valence electrons. The summed E-state index contributed by atoms with van der Waals surface area (Å²) in [6.07, 6.45) is 3.88. The van der Waals surface area contributed by atoms with Crippen LogP contribution < -0.4 is 10.2 Å². The first-order valence-electron chi connectivity index (χ1n) is 9.60. The number of hydrogen-bond acceptors (Lipinski definition) is 3. The Morgan fingerprint density at radius 1 is 1.12 bits per heavy atom. The minimum absolute atomic E-state index is 0.133. The van der Waals surface area contributed by atoms with Gasteiger partial charge in [0, 0.05) is 44.5 Å². The molecule has 1 amide bonds. The second-order valence-corrected chi connectivity index (χ2v) is 7.46. The maximum absolute atomic E-state index is 13.0. The van der Waals surface area contributed by atoms with Gasteiger partial charge in [-0.15, -0.1) is 0 Å². The Labute approximate surface area is 150 Å². The molecular weight excluding hydrogens is 317 g/mol. The molecule has 2 aliphatic rings. The molecule has 2 heterocycles. The second-order valence-electron chi connectivity index (χ2n) is 7.46. The van der Waals surface area contributed by atoms with Crippen LogP contribution in [0.3, 0.4) is 0 Å². The van der Waals surface area contributed by atoms with Crippen LogP contribution in [0.2, 0.25) is 0 Å². The average Bonchev–Trinajstić information content (AvgIpc) is 2.97. The number of benzene rings is 1. The molecule has 1 aromatic rings. The van der Waals surface area contributed by atoms with Crippen molar-refractivity contribution in [3.8, 4) is 0 Å². The Morgan fingerprint density at radius 3 is 2.32 bits per heavy atom. The number of nitrogens with zero attached hydrogens (tertiary/aromatic N) is 2. The molecule has 2 aliphatic heterocycles. The Bertz CT molecular complexity index is 577. The van der Waals surface area contributed by atoms with E-state index in [9.17, 15) is 9.18 Å². The summed E-state index contributed by atoms with van der Waals surface area (Å²) < 4.78 is 13.0. The summed E-state index contributed by atoms with van der Waals surface area (Å²) in [5.41, 5.74) is 0.964. The molecule has 0 radical (unpaired) electrons. The molecule has 5 heteroatoms. The van der Waals surface area contributed by atoms with Crippen molar-refractivity contribution < 1.29 is 9.18 Å². The van der Waals surface area contributed by atoms with Gasteiger partial charge in [-0.25, -0.2) is 4.39 Å². The standard InChI is InChI=1S/C20H30FN3O/c1-3-20(4-2)15-17(22-19(20)25)9-10-23-11-13-24(14-12-23)18-7-5-16(21)6-8-18/h5-8,17H,3-4,9-15H2,1-2H3,(H,22,25). The highest BCUT2D eigenvalue weighted by atomic mass is 19.1. The van der Waals surface area contributed by atoms with Crippen molar-refractivity contribution in [2.75, 3.05) is 37.6 Å². The van der Waals surface area contributed by atoms with Crippen LogP contribution in [-0.2, 0) is 4.79 Å². The first-order chi connectivity index (χ1) is 12.1. The lowest BCUT2D eigenvalue weighted by Crippen LogP contribution is -2.47. The Kier molecular flexibility index (Phi) is 5.62. The Morgan fingerprint density at radius 2 is 1.76 bits per heavy atom. The molecule has 0 bridgehead atoms. The molecule has 1 atom stereocenters. The predicted octanol–water partition coefficient (Wildman–Crippen LogP) is 3.03. The predicted molar refractivity (Wildman–Crippen MR) is 99.2 cm³/mol. The molecule has 0 aliphatic carbocycles. The molecular formula is C20H30FN3O. The molecule has 1 aromatic carbocycles. The van der Waals surface area contributed by atoms with E-state index in [-0.39, 0.29) is 17.1 Å². The Hall–Kier alpha value is -1.62. The van der Waals surface area contributed by atoms with E-state index in [1.54, 1.807) is 0 Å². The lowest BCUT2D eigenvalue weighted by atomic mass is 9.79. The van der Waals surface area contributed by atoms with E-state index in [0.29, 0.717) is 6.04 Å². The molecule has 2 fully saturated rings. The van der Waals surface area contributed by atoms with Crippen LogP contribution in [0.25, 0.3) is 0 Å². The zero-order chi connectivity index (χ0) is 17.9. The molecule has 3 rings (SSSR count). The van der Waals surface area contributed by atoms with Crippen LogP contribution in [0.5, 0.6) is 0 Å². The van der Waals surface area contributed by atoms with E-state index in [1.807, 2.05) is 12.1 Å². The number of amides is 1. The monoisotopic (exact) mass is 347 g/mol. The largest absolute Gasteiger partial charge is 0.369 e. The molecule has 25 heavy (non-hydrogen) atoms. The highest BCUT2D eigenvalue weighted by Gasteiger charge is 2.43. The number of carbonyl (C=O) groups excluding carboxylic acids is 1. The summed E-state index contributed by atoms with van der Waals surface area (Å²) >= 11 is 0. The van der Waals surface area contributed by atoms with Crippen LogP contribution in [0, 0.1) is 11.2 Å². The van der Waals surface area contributed by atoms with Gasteiger partial charge in [-0.1, -0.05) is 13.8 Å². The van der Waals surface area contributed by atoms with E-state index in [1.165, 1.54) is 12.1 Å². The summed E-state index contributed by atoms with van der Waals surface area (Å²) in [7, 11) is 0. The minimum Gasteiger partial charge on any atom is -0.369 e. The number of hydrogen-bond donors (Lipinski definition) is 1. The number of carbonyl (C=O) groups is 1. The number of anilines is 1. The number of halogens is 1. The molecule has 2 saturated heterocycles.